The number of ether oxygens (including phenoxy) is 6. The molecule has 0 spiro atoms. The molecule has 4 fully saturated rings. The molecule has 8 heteroatoms. The Morgan fingerprint density at radius 1 is 0.660 bits per heavy atom. The highest BCUT2D eigenvalue weighted by Gasteiger charge is 2.68. The van der Waals surface area contributed by atoms with Crippen LogP contribution in [0.2, 0.25) is 0 Å². The van der Waals surface area contributed by atoms with Gasteiger partial charge in [0.15, 0.2) is 33.9 Å². The molecule has 4 unspecified atom stereocenters. The molecule has 0 radical (unpaired) electrons. The van der Waals surface area contributed by atoms with Crippen molar-refractivity contribution in [2.75, 3.05) is 20.8 Å². The lowest BCUT2D eigenvalue weighted by atomic mass is 9.50. The Bertz CT molecular complexity index is 1500. The first-order valence-corrected chi connectivity index (χ1v) is 19.1. The SMILES string of the molecule is COC(OC12CC3CC(OC(=O)COc4ccc([S+](c5ccccc5)c5ccccc5)cc4)(C1)CC(OC(OC)C(C)(C)C)(C3)C2)C(C)(C)C. The van der Waals surface area contributed by atoms with Crippen molar-refractivity contribution < 1.29 is 33.2 Å². The second kappa shape index (κ2) is 14.3. The van der Waals surface area contributed by atoms with E-state index in [1.54, 1.807) is 14.2 Å². The summed E-state index contributed by atoms with van der Waals surface area (Å²) in [7, 11) is 3.14. The number of hydrogen-bond acceptors (Lipinski definition) is 7. The first-order chi connectivity index (χ1) is 23.7. The monoisotopic (exact) mass is 703 g/mol. The van der Waals surface area contributed by atoms with Gasteiger partial charge in [-0.15, -0.1) is 0 Å². The van der Waals surface area contributed by atoms with E-state index in [1.807, 2.05) is 24.3 Å². The van der Waals surface area contributed by atoms with Crippen LogP contribution < -0.4 is 4.74 Å². The fraction of sp³-hybridized carbons (Fsp3) is 0.548. The Morgan fingerprint density at radius 3 is 1.52 bits per heavy atom. The highest BCUT2D eigenvalue weighted by atomic mass is 32.2. The molecule has 7 nitrogen and oxygen atoms in total. The van der Waals surface area contributed by atoms with Crippen LogP contribution in [0.5, 0.6) is 5.75 Å². The van der Waals surface area contributed by atoms with Gasteiger partial charge >= 0.3 is 5.97 Å². The lowest BCUT2D eigenvalue weighted by molar-refractivity contribution is -0.352. The van der Waals surface area contributed by atoms with Gasteiger partial charge in [-0.2, -0.15) is 0 Å². The van der Waals surface area contributed by atoms with Gasteiger partial charge in [0, 0.05) is 44.3 Å². The Morgan fingerprint density at radius 2 is 1.08 bits per heavy atom. The topological polar surface area (TPSA) is 72.5 Å². The van der Waals surface area contributed by atoms with E-state index in [0.717, 1.165) is 19.3 Å². The molecule has 3 aromatic carbocycles. The molecule has 4 atom stereocenters. The minimum Gasteiger partial charge on any atom is -0.482 e. The van der Waals surface area contributed by atoms with Crippen molar-refractivity contribution in [1.82, 2.24) is 0 Å². The van der Waals surface area contributed by atoms with Crippen LogP contribution in [0.15, 0.2) is 99.6 Å². The van der Waals surface area contributed by atoms with E-state index in [1.165, 1.54) is 14.7 Å². The number of hydrogen-bond donors (Lipinski definition) is 0. The molecular weight excluding hydrogens is 649 g/mol. The maximum Gasteiger partial charge on any atom is 0.344 e. The fourth-order valence-electron chi connectivity index (χ4n) is 8.77. The summed E-state index contributed by atoms with van der Waals surface area (Å²) in [5.41, 5.74) is -2.29. The summed E-state index contributed by atoms with van der Waals surface area (Å²) in [6.07, 6.45) is 3.63. The maximum absolute atomic E-state index is 13.7. The summed E-state index contributed by atoms with van der Waals surface area (Å²) in [6.45, 7) is 12.6. The second-order valence-electron chi connectivity index (χ2n) is 16.8. The number of benzene rings is 3. The smallest absolute Gasteiger partial charge is 0.344 e. The molecule has 0 aromatic heterocycles. The Balaban J connectivity index is 1.19. The average molecular weight is 704 g/mol. The van der Waals surface area contributed by atoms with Gasteiger partial charge in [-0.05, 0) is 73.7 Å². The molecule has 0 saturated heterocycles. The Hall–Kier alpha value is -2.88. The van der Waals surface area contributed by atoms with Crippen LogP contribution in [-0.4, -0.2) is 56.2 Å². The molecule has 7 rings (SSSR count). The molecule has 0 aliphatic heterocycles. The minimum absolute atomic E-state index is 0.179. The number of carbonyl (C=O) groups is 1. The van der Waals surface area contributed by atoms with Gasteiger partial charge in [0.25, 0.3) is 0 Å². The van der Waals surface area contributed by atoms with Crippen molar-refractivity contribution in [1.29, 1.82) is 0 Å². The van der Waals surface area contributed by atoms with Crippen molar-refractivity contribution in [3.05, 3.63) is 84.9 Å². The molecule has 4 saturated carbocycles. The van der Waals surface area contributed by atoms with Gasteiger partial charge in [-0.3, -0.25) is 0 Å². The van der Waals surface area contributed by atoms with Gasteiger partial charge in [0.05, 0.1) is 22.1 Å². The van der Waals surface area contributed by atoms with Crippen LogP contribution >= 0.6 is 0 Å². The first kappa shape index (κ1) is 36.9. The number of methoxy groups -OCH3 is 2. The molecule has 4 bridgehead atoms. The van der Waals surface area contributed by atoms with Crippen molar-refractivity contribution >= 4 is 16.9 Å². The number of esters is 1. The van der Waals surface area contributed by atoms with E-state index in [-0.39, 0.29) is 40.2 Å². The quantitative estimate of drug-likeness (QED) is 0.100. The van der Waals surface area contributed by atoms with Gasteiger partial charge < -0.3 is 28.4 Å². The zero-order valence-electron chi connectivity index (χ0n) is 31.0. The van der Waals surface area contributed by atoms with Crippen LogP contribution in [0.4, 0.5) is 0 Å². The second-order valence-corrected chi connectivity index (χ2v) is 18.9. The number of carbonyl (C=O) groups excluding carboxylic acids is 1. The van der Waals surface area contributed by atoms with E-state index in [2.05, 4.69) is 102 Å². The Labute approximate surface area is 301 Å². The molecular formula is C42H55O7S+. The summed E-state index contributed by atoms with van der Waals surface area (Å²) < 4.78 is 38.3. The van der Waals surface area contributed by atoms with E-state index in [4.69, 9.17) is 28.4 Å². The first-order valence-electron chi connectivity index (χ1n) is 17.9. The lowest BCUT2D eigenvalue weighted by Gasteiger charge is -2.65. The third-order valence-electron chi connectivity index (χ3n) is 10.2. The molecule has 3 aromatic rings. The summed E-state index contributed by atoms with van der Waals surface area (Å²) >= 11 is 0. The predicted octanol–water partition coefficient (Wildman–Crippen LogP) is 8.99. The Kier molecular flexibility index (Phi) is 10.5. The summed E-state index contributed by atoms with van der Waals surface area (Å²) in [5, 5.41) is 0. The molecule has 4 aliphatic carbocycles. The van der Waals surface area contributed by atoms with Crippen LogP contribution in [0, 0.1) is 16.7 Å². The highest BCUT2D eigenvalue weighted by molar-refractivity contribution is 7.97. The molecule has 50 heavy (non-hydrogen) atoms. The fourth-order valence-corrected chi connectivity index (χ4v) is 10.9. The van der Waals surface area contributed by atoms with Gasteiger partial charge in [-0.25, -0.2) is 4.79 Å². The standard InChI is InChI=1S/C42H55O7S/c1-38(2,3)36(44-7)48-41-24-30-23-40(27-41,28-42(25-30,29-41)49-37(45-8)39(4,5)6)47-35(43)26-46-31-19-21-34(22-20-31)50(32-15-11-9-12-16-32)33-17-13-10-14-18-33/h9-22,30,36-37H,23-29H2,1-8H3/q+1. The molecule has 270 valence electrons. The van der Waals surface area contributed by atoms with Crippen molar-refractivity contribution in [2.24, 2.45) is 16.7 Å². The van der Waals surface area contributed by atoms with E-state index < -0.39 is 29.4 Å². The third-order valence-corrected chi connectivity index (χ3v) is 12.4. The van der Waals surface area contributed by atoms with Crippen molar-refractivity contribution in [3.8, 4) is 5.75 Å². The van der Waals surface area contributed by atoms with E-state index in [9.17, 15) is 4.79 Å². The summed E-state index contributed by atoms with van der Waals surface area (Å²) in [5.74, 6) is 0.528. The number of rotatable bonds is 13. The van der Waals surface area contributed by atoms with Crippen molar-refractivity contribution in [2.45, 2.75) is 124 Å². The van der Waals surface area contributed by atoms with Crippen LogP contribution in [0.3, 0.4) is 0 Å². The predicted molar refractivity (Wildman–Crippen MR) is 195 cm³/mol. The van der Waals surface area contributed by atoms with Crippen LogP contribution in [0.25, 0.3) is 0 Å². The van der Waals surface area contributed by atoms with E-state index in [0.29, 0.717) is 25.0 Å². The zero-order chi connectivity index (χ0) is 35.8. The normalized spacial score (nSPS) is 27.3. The van der Waals surface area contributed by atoms with E-state index >= 15 is 0 Å². The van der Waals surface area contributed by atoms with Gasteiger partial charge in [-0.1, -0.05) is 77.9 Å². The van der Waals surface area contributed by atoms with Crippen LogP contribution in [-0.2, 0) is 39.4 Å². The van der Waals surface area contributed by atoms with Crippen molar-refractivity contribution in [3.63, 3.8) is 0 Å². The third kappa shape index (κ3) is 8.10. The average Bonchev–Trinajstić information content (AvgIpc) is 3.05. The summed E-state index contributed by atoms with van der Waals surface area (Å²) in [6, 6.07) is 29.1. The molecule has 0 N–H and O–H groups in total. The van der Waals surface area contributed by atoms with Gasteiger partial charge in [0.1, 0.15) is 11.4 Å². The molecule has 4 aliphatic rings. The summed E-state index contributed by atoms with van der Waals surface area (Å²) in [4.78, 5) is 17.3. The van der Waals surface area contributed by atoms with Gasteiger partial charge in [0.2, 0.25) is 0 Å². The highest BCUT2D eigenvalue weighted by Crippen LogP contribution is 2.64. The maximum atomic E-state index is 13.7. The molecule has 0 amide bonds. The largest absolute Gasteiger partial charge is 0.482 e. The lowest BCUT2D eigenvalue weighted by Crippen LogP contribution is -2.70. The zero-order valence-corrected chi connectivity index (χ0v) is 31.8. The minimum atomic E-state index is -0.726. The van der Waals surface area contributed by atoms with Crippen LogP contribution in [0.1, 0.15) is 80.1 Å². The molecule has 0 heterocycles.